The molecule has 14 heavy (non-hydrogen) atoms. The van der Waals surface area contributed by atoms with Gasteiger partial charge >= 0.3 is 0 Å². The first-order chi connectivity index (χ1) is 6.83. The molecular weight excluding hydrogens is 180 g/mol. The van der Waals surface area contributed by atoms with Crippen LogP contribution in [0.4, 0.5) is 0 Å². The van der Waals surface area contributed by atoms with Crippen molar-refractivity contribution < 1.29 is 4.74 Å². The highest BCUT2D eigenvalue weighted by atomic mass is 16.5. The molecule has 2 aromatic heterocycles. The summed E-state index contributed by atoms with van der Waals surface area (Å²) in [6.45, 7) is 0.606. The maximum atomic E-state index is 5.45. The van der Waals surface area contributed by atoms with Crippen LogP contribution in [0.5, 0.6) is 5.88 Å². The van der Waals surface area contributed by atoms with Gasteiger partial charge < -0.3 is 10.5 Å². The fraction of sp³-hybridized carbons (Fsp3) is 0.333. The molecule has 0 saturated carbocycles. The third-order valence-corrected chi connectivity index (χ3v) is 1.98. The van der Waals surface area contributed by atoms with Gasteiger partial charge in [0.2, 0.25) is 5.88 Å². The molecule has 5 nitrogen and oxygen atoms in total. The summed E-state index contributed by atoms with van der Waals surface area (Å²) in [6, 6.07) is 1.79. The molecule has 0 fully saturated rings. The minimum Gasteiger partial charge on any atom is -0.481 e. The quantitative estimate of drug-likeness (QED) is 0.756. The zero-order chi connectivity index (χ0) is 9.97. The third-order valence-electron chi connectivity index (χ3n) is 1.98. The van der Waals surface area contributed by atoms with E-state index in [4.69, 9.17) is 10.5 Å². The third kappa shape index (κ3) is 1.54. The van der Waals surface area contributed by atoms with Crippen LogP contribution in [0, 0.1) is 0 Å². The molecule has 0 radical (unpaired) electrons. The van der Waals surface area contributed by atoms with Crippen molar-refractivity contribution in [3.8, 4) is 5.88 Å². The van der Waals surface area contributed by atoms with Gasteiger partial charge in [-0.25, -0.2) is 9.97 Å². The van der Waals surface area contributed by atoms with Gasteiger partial charge in [0.1, 0.15) is 12.0 Å². The molecule has 0 spiro atoms. The van der Waals surface area contributed by atoms with Gasteiger partial charge in [-0.15, -0.1) is 0 Å². The van der Waals surface area contributed by atoms with Crippen LogP contribution >= 0.6 is 0 Å². The zero-order valence-corrected chi connectivity index (χ0v) is 7.97. The fourth-order valence-corrected chi connectivity index (χ4v) is 1.31. The van der Waals surface area contributed by atoms with E-state index in [-0.39, 0.29) is 0 Å². The molecule has 0 aliphatic heterocycles. The first-order valence-electron chi connectivity index (χ1n) is 4.41. The van der Waals surface area contributed by atoms with E-state index >= 15 is 0 Å². The van der Waals surface area contributed by atoms with E-state index in [0.29, 0.717) is 12.4 Å². The second kappa shape index (κ2) is 3.63. The first-order valence-corrected chi connectivity index (χ1v) is 4.41. The van der Waals surface area contributed by atoms with E-state index in [1.807, 2.05) is 10.6 Å². The summed E-state index contributed by atoms with van der Waals surface area (Å²) >= 11 is 0. The number of hydrogen-bond donors (Lipinski definition) is 1. The van der Waals surface area contributed by atoms with Crippen molar-refractivity contribution in [1.82, 2.24) is 14.4 Å². The monoisotopic (exact) mass is 192 g/mol. The van der Waals surface area contributed by atoms with Crippen molar-refractivity contribution in [3.63, 3.8) is 0 Å². The van der Waals surface area contributed by atoms with Crippen LogP contribution in [-0.2, 0) is 6.42 Å². The number of imidazole rings is 1. The number of ether oxygens (including phenoxy) is 1. The summed E-state index contributed by atoms with van der Waals surface area (Å²) in [6.07, 6.45) is 4.39. The Morgan fingerprint density at radius 2 is 2.43 bits per heavy atom. The van der Waals surface area contributed by atoms with Crippen molar-refractivity contribution >= 4 is 5.65 Å². The lowest BCUT2D eigenvalue weighted by molar-refractivity contribution is 0.397. The van der Waals surface area contributed by atoms with Crippen LogP contribution in [0.25, 0.3) is 5.65 Å². The molecule has 0 aromatic carbocycles. The summed E-state index contributed by atoms with van der Waals surface area (Å²) in [7, 11) is 1.59. The Bertz CT molecular complexity index is 437. The van der Waals surface area contributed by atoms with E-state index in [9.17, 15) is 0 Å². The SMILES string of the molecule is COc1cc2nc(CCN)cn2cn1. The Morgan fingerprint density at radius 3 is 3.14 bits per heavy atom. The second-order valence-electron chi connectivity index (χ2n) is 2.97. The molecule has 0 aliphatic carbocycles. The fourth-order valence-electron chi connectivity index (χ4n) is 1.31. The highest BCUT2D eigenvalue weighted by Crippen LogP contribution is 2.10. The predicted molar refractivity (Wildman–Crippen MR) is 52.3 cm³/mol. The van der Waals surface area contributed by atoms with Crippen molar-refractivity contribution in [2.75, 3.05) is 13.7 Å². The summed E-state index contributed by atoms with van der Waals surface area (Å²) in [5.74, 6) is 0.572. The molecule has 2 N–H and O–H groups in total. The van der Waals surface area contributed by atoms with Gasteiger partial charge in [0.25, 0.3) is 0 Å². The van der Waals surface area contributed by atoms with E-state index in [2.05, 4.69) is 9.97 Å². The number of rotatable bonds is 3. The van der Waals surface area contributed by atoms with Crippen LogP contribution in [0.1, 0.15) is 5.69 Å². The molecule has 2 rings (SSSR count). The minimum atomic E-state index is 0.572. The highest BCUT2D eigenvalue weighted by Gasteiger charge is 2.02. The number of fused-ring (bicyclic) bond motifs is 1. The normalized spacial score (nSPS) is 10.7. The average molecular weight is 192 g/mol. The Kier molecular flexibility index (Phi) is 2.32. The van der Waals surface area contributed by atoms with E-state index in [1.54, 1.807) is 19.5 Å². The Labute approximate surface area is 81.5 Å². The van der Waals surface area contributed by atoms with Gasteiger partial charge in [-0.1, -0.05) is 0 Å². The molecule has 0 unspecified atom stereocenters. The maximum Gasteiger partial charge on any atom is 0.218 e. The number of nitrogens with two attached hydrogens (primary N) is 1. The maximum absolute atomic E-state index is 5.45. The second-order valence-corrected chi connectivity index (χ2v) is 2.97. The number of nitrogens with zero attached hydrogens (tertiary/aromatic N) is 3. The molecule has 0 atom stereocenters. The Balaban J connectivity index is 2.43. The van der Waals surface area contributed by atoms with E-state index in [0.717, 1.165) is 17.8 Å². The minimum absolute atomic E-state index is 0.572. The number of hydrogen-bond acceptors (Lipinski definition) is 4. The van der Waals surface area contributed by atoms with Gasteiger partial charge in [0.05, 0.1) is 12.8 Å². The van der Waals surface area contributed by atoms with Crippen molar-refractivity contribution in [2.24, 2.45) is 5.73 Å². The topological polar surface area (TPSA) is 65.4 Å². The number of aromatic nitrogens is 3. The molecule has 0 bridgehead atoms. The Morgan fingerprint density at radius 1 is 1.57 bits per heavy atom. The lowest BCUT2D eigenvalue weighted by Crippen LogP contribution is -2.02. The van der Waals surface area contributed by atoms with E-state index < -0.39 is 0 Å². The molecule has 74 valence electrons. The van der Waals surface area contributed by atoms with Crippen LogP contribution in [-0.4, -0.2) is 28.0 Å². The molecule has 0 amide bonds. The zero-order valence-electron chi connectivity index (χ0n) is 7.97. The van der Waals surface area contributed by atoms with Gasteiger partial charge in [0, 0.05) is 18.7 Å². The summed E-state index contributed by atoms with van der Waals surface area (Å²) in [4.78, 5) is 8.44. The first kappa shape index (κ1) is 8.96. The average Bonchev–Trinajstić information content (AvgIpc) is 2.59. The van der Waals surface area contributed by atoms with Crippen molar-refractivity contribution in [2.45, 2.75) is 6.42 Å². The molecule has 2 aromatic rings. The van der Waals surface area contributed by atoms with Crippen LogP contribution < -0.4 is 10.5 Å². The standard InChI is InChI=1S/C9H12N4O/c1-14-9-4-8-12-7(2-3-10)5-13(8)6-11-9/h4-6H,2-3,10H2,1H3. The van der Waals surface area contributed by atoms with Gasteiger partial charge in [0.15, 0.2) is 0 Å². The molecule has 0 aliphatic rings. The molecular formula is C9H12N4O. The molecule has 0 saturated heterocycles. The summed E-state index contributed by atoms with van der Waals surface area (Å²) in [5, 5.41) is 0. The van der Waals surface area contributed by atoms with Gasteiger partial charge in [-0.05, 0) is 6.54 Å². The van der Waals surface area contributed by atoms with E-state index in [1.165, 1.54) is 0 Å². The molecule has 2 heterocycles. The van der Waals surface area contributed by atoms with Crippen molar-refractivity contribution in [3.05, 3.63) is 24.3 Å². The number of methoxy groups -OCH3 is 1. The lowest BCUT2D eigenvalue weighted by Gasteiger charge is -1.96. The predicted octanol–water partition coefficient (Wildman–Crippen LogP) is 0.239. The summed E-state index contributed by atoms with van der Waals surface area (Å²) in [5.41, 5.74) is 7.26. The highest BCUT2D eigenvalue weighted by molar-refractivity contribution is 5.42. The van der Waals surface area contributed by atoms with Crippen molar-refractivity contribution in [1.29, 1.82) is 0 Å². The summed E-state index contributed by atoms with van der Waals surface area (Å²) < 4.78 is 6.86. The lowest BCUT2D eigenvalue weighted by atomic mass is 10.3. The van der Waals surface area contributed by atoms with Crippen LogP contribution in [0.3, 0.4) is 0 Å². The van der Waals surface area contributed by atoms with Crippen LogP contribution in [0.15, 0.2) is 18.6 Å². The Hall–Kier alpha value is -1.62. The van der Waals surface area contributed by atoms with Crippen LogP contribution in [0.2, 0.25) is 0 Å². The largest absolute Gasteiger partial charge is 0.481 e. The van der Waals surface area contributed by atoms with Gasteiger partial charge in [-0.2, -0.15) is 0 Å². The van der Waals surface area contributed by atoms with Gasteiger partial charge in [-0.3, -0.25) is 4.40 Å². The smallest absolute Gasteiger partial charge is 0.218 e. The molecule has 5 heteroatoms.